The van der Waals surface area contributed by atoms with E-state index >= 15 is 0 Å². The predicted molar refractivity (Wildman–Crippen MR) is 43.8 cm³/mol. The summed E-state index contributed by atoms with van der Waals surface area (Å²) in [6.07, 6.45) is 0. The van der Waals surface area contributed by atoms with E-state index in [0.717, 1.165) is 6.54 Å². The number of rotatable bonds is 0. The first-order valence-electron chi connectivity index (χ1n) is 3.17. The van der Waals surface area contributed by atoms with E-state index in [9.17, 15) is 0 Å². The molecule has 1 aliphatic heterocycles. The van der Waals surface area contributed by atoms with Gasteiger partial charge in [-0.25, -0.2) is 4.99 Å². The van der Waals surface area contributed by atoms with Crippen molar-refractivity contribution in [3.63, 3.8) is 0 Å². The van der Waals surface area contributed by atoms with Crippen LogP contribution >= 0.6 is 0 Å². The van der Waals surface area contributed by atoms with E-state index in [0.29, 0.717) is 12.5 Å². The van der Waals surface area contributed by atoms with Gasteiger partial charge in [-0.2, -0.15) is 4.99 Å². The Morgan fingerprint density at radius 2 is 2.36 bits per heavy atom. The first kappa shape index (κ1) is 7.52. The smallest absolute Gasteiger partial charge is 0.220 e. The van der Waals surface area contributed by atoms with Crippen molar-refractivity contribution in [1.82, 2.24) is 5.32 Å². The maximum Gasteiger partial charge on any atom is 0.220 e. The molecule has 0 spiro atoms. The lowest BCUT2D eigenvalue weighted by atomic mass is 10.5. The van der Waals surface area contributed by atoms with Crippen LogP contribution in [0.25, 0.3) is 0 Å². The lowest BCUT2D eigenvalue weighted by Gasteiger charge is -1.96. The van der Waals surface area contributed by atoms with Gasteiger partial charge in [0.05, 0.1) is 6.54 Å². The number of nitrogens with zero attached hydrogens (tertiary/aromatic N) is 2. The fourth-order valence-electron chi connectivity index (χ4n) is 0.635. The van der Waals surface area contributed by atoms with Gasteiger partial charge in [0.25, 0.3) is 0 Å². The van der Waals surface area contributed by atoms with E-state index in [1.807, 2.05) is 0 Å². The zero-order valence-corrected chi connectivity index (χ0v) is 5.96. The molecule has 0 fully saturated rings. The Hall–Kier alpha value is -1.59. The molecule has 0 saturated carbocycles. The summed E-state index contributed by atoms with van der Waals surface area (Å²) < 4.78 is 0. The van der Waals surface area contributed by atoms with Crippen LogP contribution in [0, 0.1) is 5.41 Å². The van der Waals surface area contributed by atoms with Crippen LogP contribution in [-0.2, 0) is 0 Å². The number of hydrogen-bond acceptors (Lipinski definition) is 4. The molecule has 0 aromatic rings. The zero-order valence-electron chi connectivity index (χ0n) is 5.96. The summed E-state index contributed by atoms with van der Waals surface area (Å²) >= 11 is 0. The molecule has 0 aromatic carbocycles. The normalized spacial score (nSPS) is 17.5. The Labute approximate surface area is 63.9 Å². The molecular formula is C5H10N6. The molecule has 0 saturated heterocycles. The van der Waals surface area contributed by atoms with E-state index in [2.05, 4.69) is 15.3 Å². The molecule has 0 radical (unpaired) electrons. The van der Waals surface area contributed by atoms with Gasteiger partial charge in [0, 0.05) is 6.54 Å². The zero-order chi connectivity index (χ0) is 8.27. The third-order valence-corrected chi connectivity index (χ3v) is 1.16. The topological polar surface area (TPSA) is 113 Å². The molecule has 0 atom stereocenters. The standard InChI is InChI=1S/C5H10N6/c6-3(7)4(8)11-5-9-1-2-10-5/h1-2H2,(H3,6,7)(H3,8,9,10,11). The van der Waals surface area contributed by atoms with Crippen molar-refractivity contribution in [2.45, 2.75) is 0 Å². The fraction of sp³-hybridized carbons (Fsp3) is 0.400. The van der Waals surface area contributed by atoms with Crippen molar-refractivity contribution in [1.29, 1.82) is 5.41 Å². The van der Waals surface area contributed by atoms with E-state index in [1.165, 1.54) is 0 Å². The third-order valence-electron chi connectivity index (χ3n) is 1.16. The number of hydrogen-bond donors (Lipinski definition) is 4. The highest BCUT2D eigenvalue weighted by atomic mass is 15.2. The molecule has 1 aliphatic rings. The summed E-state index contributed by atoms with van der Waals surface area (Å²) in [7, 11) is 0. The maximum atomic E-state index is 6.90. The highest BCUT2D eigenvalue weighted by molar-refractivity contribution is 6.39. The Morgan fingerprint density at radius 1 is 1.64 bits per heavy atom. The monoisotopic (exact) mass is 154 g/mol. The van der Waals surface area contributed by atoms with Gasteiger partial charge in [0.15, 0.2) is 11.7 Å². The van der Waals surface area contributed by atoms with Gasteiger partial charge < -0.3 is 16.8 Å². The van der Waals surface area contributed by atoms with Crippen LogP contribution in [0.15, 0.2) is 9.98 Å². The summed E-state index contributed by atoms with van der Waals surface area (Å²) in [6, 6.07) is 0. The van der Waals surface area contributed by atoms with E-state index in [1.54, 1.807) is 0 Å². The molecule has 1 rings (SSSR count). The highest BCUT2D eigenvalue weighted by Crippen LogP contribution is 1.85. The van der Waals surface area contributed by atoms with Crippen LogP contribution in [0.1, 0.15) is 0 Å². The molecule has 1 heterocycles. The van der Waals surface area contributed by atoms with Gasteiger partial charge >= 0.3 is 0 Å². The van der Waals surface area contributed by atoms with Crippen molar-refractivity contribution in [2.75, 3.05) is 13.1 Å². The van der Waals surface area contributed by atoms with Crippen LogP contribution < -0.4 is 16.8 Å². The average molecular weight is 154 g/mol. The molecule has 0 amide bonds. The highest BCUT2D eigenvalue weighted by Gasteiger charge is 2.04. The van der Waals surface area contributed by atoms with E-state index in [-0.39, 0.29) is 11.7 Å². The predicted octanol–water partition coefficient (Wildman–Crippen LogP) is -1.76. The van der Waals surface area contributed by atoms with Crippen LogP contribution in [0.4, 0.5) is 0 Å². The molecule has 0 unspecified atom stereocenters. The summed E-state index contributed by atoms with van der Waals surface area (Å²) in [4.78, 5) is 7.70. The van der Waals surface area contributed by atoms with Crippen molar-refractivity contribution >= 4 is 17.6 Å². The minimum atomic E-state index is -0.235. The largest absolute Gasteiger partial charge is 0.381 e. The molecule has 6 N–H and O–H groups in total. The van der Waals surface area contributed by atoms with Gasteiger partial charge in [0.1, 0.15) is 0 Å². The molecular weight excluding hydrogens is 144 g/mol. The molecule has 0 aromatic heterocycles. The van der Waals surface area contributed by atoms with Crippen LogP contribution in [-0.4, -0.2) is 30.7 Å². The summed E-state index contributed by atoms with van der Waals surface area (Å²) in [5.74, 6) is 0.220. The second-order valence-electron chi connectivity index (χ2n) is 2.04. The van der Waals surface area contributed by atoms with E-state index in [4.69, 9.17) is 16.9 Å². The molecule has 0 bridgehead atoms. The van der Waals surface area contributed by atoms with Crippen molar-refractivity contribution in [2.24, 2.45) is 21.5 Å². The Bertz CT molecular complexity index is 227. The molecule has 6 heteroatoms. The van der Waals surface area contributed by atoms with Crippen LogP contribution in [0.3, 0.4) is 0 Å². The molecule has 60 valence electrons. The lowest BCUT2D eigenvalue weighted by Crippen LogP contribution is -2.32. The molecule has 11 heavy (non-hydrogen) atoms. The van der Waals surface area contributed by atoms with Crippen LogP contribution in [0.5, 0.6) is 0 Å². The first-order chi connectivity index (χ1) is 5.20. The second-order valence-corrected chi connectivity index (χ2v) is 2.04. The minimum absolute atomic E-state index is 0.00171. The van der Waals surface area contributed by atoms with Crippen LogP contribution in [0.2, 0.25) is 0 Å². The fourth-order valence-corrected chi connectivity index (χ4v) is 0.635. The number of guanidine groups is 1. The van der Waals surface area contributed by atoms with E-state index < -0.39 is 0 Å². The number of nitrogens with one attached hydrogen (secondary N) is 2. The molecule has 6 nitrogen and oxygen atoms in total. The summed E-state index contributed by atoms with van der Waals surface area (Å²) in [5.41, 5.74) is 10.3. The third kappa shape index (κ3) is 1.92. The van der Waals surface area contributed by atoms with Gasteiger partial charge in [0.2, 0.25) is 5.96 Å². The van der Waals surface area contributed by atoms with Crippen molar-refractivity contribution < 1.29 is 0 Å². The molecule has 0 aliphatic carbocycles. The first-order valence-corrected chi connectivity index (χ1v) is 3.17. The maximum absolute atomic E-state index is 6.90. The quantitative estimate of drug-likeness (QED) is 0.245. The Kier molecular flexibility index (Phi) is 2.05. The number of nitrogens with two attached hydrogens (primary N) is 2. The van der Waals surface area contributed by atoms with Crippen molar-refractivity contribution in [3.8, 4) is 0 Å². The van der Waals surface area contributed by atoms with Gasteiger partial charge in [-0.1, -0.05) is 0 Å². The van der Waals surface area contributed by atoms with Gasteiger partial charge in [-0.3, -0.25) is 5.41 Å². The Balaban J connectivity index is 2.63. The van der Waals surface area contributed by atoms with Gasteiger partial charge in [-0.15, -0.1) is 0 Å². The van der Waals surface area contributed by atoms with Crippen molar-refractivity contribution in [3.05, 3.63) is 0 Å². The SMILES string of the molecule is N=C(N)/C(N)=N\C1=NCCN1. The lowest BCUT2D eigenvalue weighted by molar-refractivity contribution is 0.957. The summed E-state index contributed by atoms with van der Waals surface area (Å²) in [5, 5.41) is 9.78. The summed E-state index contributed by atoms with van der Waals surface area (Å²) in [6.45, 7) is 1.47. The minimum Gasteiger partial charge on any atom is -0.381 e. The number of aliphatic imine (C=N–C) groups is 2. The Morgan fingerprint density at radius 3 is 2.82 bits per heavy atom. The number of amidine groups is 2. The second kappa shape index (κ2) is 3.00. The van der Waals surface area contributed by atoms with Gasteiger partial charge in [-0.05, 0) is 0 Å². The average Bonchev–Trinajstić information content (AvgIpc) is 2.39.